The molecule has 0 aromatic heterocycles. The summed E-state index contributed by atoms with van der Waals surface area (Å²) < 4.78 is 16.7. The first kappa shape index (κ1) is 20.3. The molecule has 1 heterocycles. The highest BCUT2D eigenvalue weighted by molar-refractivity contribution is 5.44. The molecule has 1 aliphatic heterocycles. The lowest BCUT2D eigenvalue weighted by Gasteiger charge is -2.26. The van der Waals surface area contributed by atoms with E-state index in [0.717, 1.165) is 29.4 Å². The zero-order valence-electron chi connectivity index (χ0n) is 17.2. The third kappa shape index (κ3) is 5.32. The van der Waals surface area contributed by atoms with Crippen LogP contribution in [-0.2, 0) is 13.1 Å². The van der Waals surface area contributed by atoms with Crippen LogP contribution in [0.15, 0.2) is 72.8 Å². The molecule has 0 saturated carbocycles. The fourth-order valence-electron chi connectivity index (χ4n) is 3.57. The lowest BCUT2D eigenvalue weighted by molar-refractivity contribution is 0.0627. The zero-order chi connectivity index (χ0) is 20.8. The number of aryl methyl sites for hydroxylation is 1. The molecule has 0 saturated heterocycles. The Morgan fingerprint density at radius 1 is 0.933 bits per heavy atom. The van der Waals surface area contributed by atoms with E-state index in [1.54, 1.807) is 0 Å². The lowest BCUT2D eigenvalue weighted by Crippen LogP contribution is -2.35. The van der Waals surface area contributed by atoms with E-state index in [-0.39, 0.29) is 13.4 Å². The largest absolute Gasteiger partial charge is 0.491 e. The van der Waals surface area contributed by atoms with Crippen molar-refractivity contribution in [3.05, 3.63) is 89.5 Å². The second-order valence-electron chi connectivity index (χ2n) is 7.56. The lowest BCUT2D eigenvalue weighted by atomic mass is 10.1. The third-order valence-corrected chi connectivity index (χ3v) is 5.15. The molecular formula is C25H27NO4. The Bertz CT molecular complexity index is 960. The molecule has 0 amide bonds. The monoisotopic (exact) mass is 405 g/mol. The molecule has 5 heteroatoms. The minimum atomic E-state index is -0.608. The summed E-state index contributed by atoms with van der Waals surface area (Å²) in [6, 6.07) is 23.9. The fourth-order valence-corrected chi connectivity index (χ4v) is 3.57. The first-order valence-corrected chi connectivity index (χ1v) is 10.2. The Morgan fingerprint density at radius 2 is 1.70 bits per heavy atom. The van der Waals surface area contributed by atoms with Crippen molar-refractivity contribution >= 4 is 0 Å². The first-order chi connectivity index (χ1) is 14.7. The molecule has 1 unspecified atom stereocenters. The third-order valence-electron chi connectivity index (χ3n) is 5.15. The molecule has 4 rings (SSSR count). The fraction of sp³-hybridized carbons (Fsp3) is 0.280. The maximum Gasteiger partial charge on any atom is 0.231 e. The number of ether oxygens (including phenoxy) is 3. The SMILES string of the molecule is Cc1ccccc1CN(Cc1ccc2c(c1)OCO2)CC(O)COc1ccccc1. The van der Waals surface area contributed by atoms with E-state index in [1.807, 2.05) is 54.6 Å². The molecule has 1 aliphatic rings. The summed E-state index contributed by atoms with van der Waals surface area (Å²) >= 11 is 0. The number of hydrogen-bond donors (Lipinski definition) is 1. The smallest absolute Gasteiger partial charge is 0.231 e. The number of aliphatic hydroxyl groups is 1. The predicted molar refractivity (Wildman–Crippen MR) is 116 cm³/mol. The highest BCUT2D eigenvalue weighted by Crippen LogP contribution is 2.33. The summed E-state index contributed by atoms with van der Waals surface area (Å²) in [5.74, 6) is 2.31. The maximum absolute atomic E-state index is 10.6. The van der Waals surface area contributed by atoms with Crippen molar-refractivity contribution in [2.45, 2.75) is 26.1 Å². The van der Waals surface area contributed by atoms with Crippen molar-refractivity contribution < 1.29 is 19.3 Å². The highest BCUT2D eigenvalue weighted by Gasteiger charge is 2.18. The summed E-state index contributed by atoms with van der Waals surface area (Å²) in [5, 5.41) is 10.6. The number of fused-ring (bicyclic) bond motifs is 1. The van der Waals surface area contributed by atoms with Gasteiger partial charge in [-0.15, -0.1) is 0 Å². The van der Waals surface area contributed by atoms with Gasteiger partial charge in [-0.25, -0.2) is 0 Å². The molecular weight excluding hydrogens is 378 g/mol. The van der Waals surface area contributed by atoms with Gasteiger partial charge in [0.25, 0.3) is 0 Å². The van der Waals surface area contributed by atoms with E-state index in [4.69, 9.17) is 14.2 Å². The van der Waals surface area contributed by atoms with Crippen molar-refractivity contribution in [1.29, 1.82) is 0 Å². The van der Waals surface area contributed by atoms with Crippen LogP contribution in [0.25, 0.3) is 0 Å². The van der Waals surface area contributed by atoms with Crippen LogP contribution in [0.2, 0.25) is 0 Å². The van der Waals surface area contributed by atoms with E-state index in [0.29, 0.717) is 13.1 Å². The van der Waals surface area contributed by atoms with Crippen LogP contribution in [0.4, 0.5) is 0 Å². The standard InChI is InChI=1S/C25H27NO4/c1-19-7-5-6-8-21(19)15-26(14-20-11-12-24-25(13-20)30-18-29-24)16-22(27)17-28-23-9-3-2-4-10-23/h2-13,22,27H,14-18H2,1H3. The molecule has 5 nitrogen and oxygen atoms in total. The zero-order valence-corrected chi connectivity index (χ0v) is 17.2. The van der Waals surface area contributed by atoms with Gasteiger partial charge in [-0.2, -0.15) is 0 Å². The quantitative estimate of drug-likeness (QED) is 0.579. The van der Waals surface area contributed by atoms with Gasteiger partial charge < -0.3 is 19.3 Å². The molecule has 0 aliphatic carbocycles. The second kappa shape index (κ2) is 9.65. The molecule has 0 radical (unpaired) electrons. The van der Waals surface area contributed by atoms with Gasteiger partial charge in [-0.3, -0.25) is 4.90 Å². The average molecular weight is 405 g/mol. The molecule has 3 aromatic rings. The van der Waals surface area contributed by atoms with Crippen molar-refractivity contribution in [2.24, 2.45) is 0 Å². The average Bonchev–Trinajstić information content (AvgIpc) is 3.22. The van der Waals surface area contributed by atoms with E-state index < -0.39 is 6.10 Å². The Balaban J connectivity index is 1.44. The van der Waals surface area contributed by atoms with Crippen molar-refractivity contribution in [3.8, 4) is 17.2 Å². The van der Waals surface area contributed by atoms with Gasteiger partial charge in [-0.1, -0.05) is 48.5 Å². The number of hydrogen-bond acceptors (Lipinski definition) is 5. The Kier molecular flexibility index (Phi) is 6.52. The van der Waals surface area contributed by atoms with Crippen LogP contribution in [0.5, 0.6) is 17.2 Å². The minimum absolute atomic E-state index is 0.245. The van der Waals surface area contributed by atoms with E-state index >= 15 is 0 Å². The van der Waals surface area contributed by atoms with Crippen molar-refractivity contribution in [3.63, 3.8) is 0 Å². The van der Waals surface area contributed by atoms with Gasteiger partial charge in [0.15, 0.2) is 11.5 Å². The van der Waals surface area contributed by atoms with Gasteiger partial charge in [0.1, 0.15) is 18.5 Å². The molecule has 0 bridgehead atoms. The summed E-state index contributed by atoms with van der Waals surface area (Å²) in [6.07, 6.45) is -0.608. The maximum atomic E-state index is 10.6. The summed E-state index contributed by atoms with van der Waals surface area (Å²) in [5.41, 5.74) is 3.60. The van der Waals surface area contributed by atoms with Gasteiger partial charge in [-0.05, 0) is 47.9 Å². The van der Waals surface area contributed by atoms with Crippen LogP contribution in [0.3, 0.4) is 0 Å². The molecule has 30 heavy (non-hydrogen) atoms. The van der Waals surface area contributed by atoms with E-state index in [1.165, 1.54) is 11.1 Å². The van der Waals surface area contributed by atoms with Crippen molar-refractivity contribution in [1.82, 2.24) is 4.90 Å². The Morgan fingerprint density at radius 3 is 2.53 bits per heavy atom. The number of para-hydroxylation sites is 1. The van der Waals surface area contributed by atoms with Crippen LogP contribution in [0, 0.1) is 6.92 Å². The molecule has 3 aromatic carbocycles. The Hall–Kier alpha value is -3.02. The molecule has 1 N–H and O–H groups in total. The van der Waals surface area contributed by atoms with Gasteiger partial charge in [0.05, 0.1) is 0 Å². The molecule has 156 valence electrons. The Labute approximate surface area is 177 Å². The van der Waals surface area contributed by atoms with Crippen molar-refractivity contribution in [2.75, 3.05) is 19.9 Å². The van der Waals surface area contributed by atoms with Crippen LogP contribution < -0.4 is 14.2 Å². The van der Waals surface area contributed by atoms with E-state index in [9.17, 15) is 5.11 Å². The molecule has 0 fully saturated rings. The van der Waals surface area contributed by atoms with Crippen LogP contribution in [0.1, 0.15) is 16.7 Å². The number of nitrogens with zero attached hydrogens (tertiary/aromatic N) is 1. The molecule has 1 atom stereocenters. The predicted octanol–water partition coefficient (Wildman–Crippen LogP) is 4.17. The van der Waals surface area contributed by atoms with E-state index in [2.05, 4.69) is 30.0 Å². The van der Waals surface area contributed by atoms with Crippen LogP contribution in [-0.4, -0.2) is 36.1 Å². The van der Waals surface area contributed by atoms with Gasteiger partial charge in [0.2, 0.25) is 6.79 Å². The number of benzene rings is 3. The summed E-state index contributed by atoms with van der Waals surface area (Å²) in [6.45, 7) is 4.55. The summed E-state index contributed by atoms with van der Waals surface area (Å²) in [7, 11) is 0. The topological polar surface area (TPSA) is 51.2 Å². The van der Waals surface area contributed by atoms with Gasteiger partial charge in [0, 0.05) is 19.6 Å². The second-order valence-corrected chi connectivity index (χ2v) is 7.56. The van der Waals surface area contributed by atoms with Gasteiger partial charge >= 0.3 is 0 Å². The number of rotatable bonds is 9. The summed E-state index contributed by atoms with van der Waals surface area (Å²) in [4.78, 5) is 2.24. The molecule has 0 spiro atoms. The normalized spacial score (nSPS) is 13.4. The number of aliphatic hydroxyl groups excluding tert-OH is 1. The minimum Gasteiger partial charge on any atom is -0.491 e. The van der Waals surface area contributed by atoms with Crippen LogP contribution >= 0.6 is 0 Å². The first-order valence-electron chi connectivity index (χ1n) is 10.2. The highest BCUT2D eigenvalue weighted by atomic mass is 16.7.